The van der Waals surface area contributed by atoms with Gasteiger partial charge in [-0.25, -0.2) is 8.78 Å². The third kappa shape index (κ3) is 6.36. The fourth-order valence-electron chi connectivity index (χ4n) is 5.60. The minimum Gasteiger partial charge on any atom is -0.489 e. The van der Waals surface area contributed by atoms with Crippen LogP contribution in [0.25, 0.3) is 22.4 Å². The summed E-state index contributed by atoms with van der Waals surface area (Å²) in [5.74, 6) is -1.40. The number of pyridine rings is 1. The van der Waals surface area contributed by atoms with Crippen LogP contribution < -0.4 is 4.74 Å². The molecule has 1 unspecified atom stereocenters. The molecule has 0 bridgehead atoms. The van der Waals surface area contributed by atoms with E-state index in [1.165, 1.54) is 12.1 Å². The highest BCUT2D eigenvalue weighted by Gasteiger charge is 2.38. The zero-order chi connectivity index (χ0) is 30.3. The molecule has 2 aromatic carbocycles. The van der Waals surface area contributed by atoms with Gasteiger partial charge in [-0.3, -0.25) is 14.5 Å². The first-order chi connectivity index (χ1) is 20.6. The van der Waals surface area contributed by atoms with E-state index in [9.17, 15) is 13.6 Å². The van der Waals surface area contributed by atoms with Gasteiger partial charge in [0, 0.05) is 42.2 Å². The Bertz CT molecular complexity index is 1640. The number of nitrogens with zero attached hydrogens (tertiary/aromatic N) is 4. The third-order valence-electron chi connectivity index (χ3n) is 7.79. The Morgan fingerprint density at radius 1 is 1.02 bits per heavy atom. The van der Waals surface area contributed by atoms with E-state index in [1.54, 1.807) is 34.1 Å². The molecule has 1 amide bonds. The van der Waals surface area contributed by atoms with Crippen molar-refractivity contribution in [3.63, 3.8) is 0 Å². The van der Waals surface area contributed by atoms with Crippen molar-refractivity contribution in [1.82, 2.24) is 19.7 Å². The van der Waals surface area contributed by atoms with Crippen LogP contribution in [0.15, 0.2) is 60.9 Å². The molecule has 0 spiro atoms. The quantitative estimate of drug-likeness (QED) is 0.229. The minimum atomic E-state index is -0.674. The smallest absolute Gasteiger partial charge is 0.272 e. The van der Waals surface area contributed by atoms with Crippen molar-refractivity contribution in [1.29, 1.82) is 0 Å². The summed E-state index contributed by atoms with van der Waals surface area (Å²) in [7, 11) is 0. The average Bonchev–Trinajstić information content (AvgIpc) is 3.55. The molecular weight excluding hydrogens is 586 g/mol. The molecule has 4 aromatic rings. The molecule has 0 saturated carbocycles. The molecule has 11 heteroatoms. The molecule has 1 fully saturated rings. The summed E-state index contributed by atoms with van der Waals surface area (Å²) in [5, 5.41) is 4.85. The molecule has 2 aromatic heterocycles. The lowest BCUT2D eigenvalue weighted by Crippen LogP contribution is -2.45. The van der Waals surface area contributed by atoms with Crippen LogP contribution in [0, 0.1) is 11.6 Å². The van der Waals surface area contributed by atoms with Gasteiger partial charge in [-0.1, -0.05) is 26.0 Å². The van der Waals surface area contributed by atoms with Gasteiger partial charge in [-0.2, -0.15) is 18.6 Å². The number of carbonyl (C=O) groups is 1. The van der Waals surface area contributed by atoms with Crippen LogP contribution >= 0.6 is 13.5 Å². The van der Waals surface area contributed by atoms with Crippen LogP contribution in [0.4, 0.5) is 8.78 Å². The zero-order valence-corrected chi connectivity index (χ0v) is 26.1. The highest BCUT2D eigenvalue weighted by molar-refractivity contribution is 7.59. The van der Waals surface area contributed by atoms with Crippen LogP contribution in [0.1, 0.15) is 55.2 Å². The number of carbonyl (C=O) groups excluding carboxylic acids is 1. The molecule has 8 nitrogen and oxygen atoms in total. The highest BCUT2D eigenvalue weighted by Crippen LogP contribution is 2.37. The molecule has 0 N–H and O–H groups in total. The molecule has 4 heterocycles. The maximum atomic E-state index is 14.6. The van der Waals surface area contributed by atoms with Gasteiger partial charge in [-0.15, -0.1) is 0 Å². The molecule has 0 radical (unpaired) electrons. The van der Waals surface area contributed by atoms with E-state index in [-0.39, 0.29) is 43.6 Å². The highest BCUT2D eigenvalue weighted by atomic mass is 32.1. The predicted octanol–water partition coefficient (Wildman–Crippen LogP) is 6.31. The second-order valence-electron chi connectivity index (χ2n) is 11.7. The number of hydrogen-bond acceptors (Lipinski definition) is 6. The number of amides is 1. The Kier molecular flexibility index (Phi) is 9.10. The number of rotatable bonds is 8. The number of hydrogen-bond donors (Lipinski definition) is 0. The molecule has 44 heavy (non-hydrogen) atoms. The van der Waals surface area contributed by atoms with E-state index < -0.39 is 17.4 Å². The Balaban J connectivity index is 0.00000384. The summed E-state index contributed by atoms with van der Waals surface area (Å²) >= 11 is 0. The molecule has 0 aliphatic carbocycles. The van der Waals surface area contributed by atoms with E-state index in [1.807, 2.05) is 52.0 Å². The van der Waals surface area contributed by atoms with E-state index in [4.69, 9.17) is 19.3 Å². The second-order valence-corrected chi connectivity index (χ2v) is 11.7. The Hall–Kier alpha value is -3.80. The lowest BCUT2D eigenvalue weighted by atomic mass is 9.98. The van der Waals surface area contributed by atoms with Crippen LogP contribution in [0.3, 0.4) is 0 Å². The van der Waals surface area contributed by atoms with E-state index in [0.717, 1.165) is 11.1 Å². The fourth-order valence-corrected chi connectivity index (χ4v) is 5.60. The molecule has 2 aliphatic heterocycles. The Morgan fingerprint density at radius 2 is 1.75 bits per heavy atom. The van der Waals surface area contributed by atoms with E-state index >= 15 is 0 Å². The number of aromatic nitrogens is 3. The van der Waals surface area contributed by atoms with Crippen molar-refractivity contribution in [2.24, 2.45) is 0 Å². The molecule has 232 valence electrons. The lowest BCUT2D eigenvalue weighted by Gasteiger charge is -2.30. The first-order valence-corrected chi connectivity index (χ1v) is 14.4. The van der Waals surface area contributed by atoms with Gasteiger partial charge in [0.25, 0.3) is 5.91 Å². The average molecular weight is 623 g/mol. The summed E-state index contributed by atoms with van der Waals surface area (Å²) in [6.45, 7) is 9.12. The van der Waals surface area contributed by atoms with Gasteiger partial charge in [0.1, 0.15) is 41.5 Å². The van der Waals surface area contributed by atoms with Crippen molar-refractivity contribution in [3.8, 4) is 28.1 Å². The van der Waals surface area contributed by atoms with E-state index in [2.05, 4.69) is 4.98 Å². The van der Waals surface area contributed by atoms with Crippen LogP contribution in [0.2, 0.25) is 0 Å². The summed E-state index contributed by atoms with van der Waals surface area (Å²) in [5.41, 5.74) is 3.95. The van der Waals surface area contributed by atoms with Crippen LogP contribution in [-0.4, -0.2) is 57.2 Å². The maximum Gasteiger partial charge on any atom is 0.272 e. The third-order valence-corrected chi connectivity index (χ3v) is 7.79. The number of fused-ring (bicyclic) bond motifs is 1. The lowest BCUT2D eigenvalue weighted by molar-refractivity contribution is -0.139. The summed E-state index contributed by atoms with van der Waals surface area (Å²) in [6, 6.07) is 13.4. The normalized spacial score (nSPS) is 17.5. The van der Waals surface area contributed by atoms with Crippen molar-refractivity contribution in [2.45, 2.75) is 58.7 Å². The van der Waals surface area contributed by atoms with Gasteiger partial charge in [0.05, 0.1) is 13.2 Å². The summed E-state index contributed by atoms with van der Waals surface area (Å²) in [6.07, 6.45) is 3.17. The molecular formula is C33H36F2N4O4S. The fraction of sp³-hybridized carbons (Fsp3) is 0.364. The van der Waals surface area contributed by atoms with Gasteiger partial charge in [-0.05, 0) is 67.3 Å². The van der Waals surface area contributed by atoms with Gasteiger partial charge < -0.3 is 19.1 Å². The maximum absolute atomic E-state index is 14.6. The Morgan fingerprint density at radius 3 is 2.41 bits per heavy atom. The summed E-state index contributed by atoms with van der Waals surface area (Å²) in [4.78, 5) is 19.8. The zero-order valence-electron chi connectivity index (χ0n) is 25.1. The molecule has 2 aliphatic rings. The van der Waals surface area contributed by atoms with Crippen LogP contribution in [0.5, 0.6) is 5.75 Å². The molecule has 6 rings (SSSR count). The van der Waals surface area contributed by atoms with Gasteiger partial charge >= 0.3 is 0 Å². The second kappa shape index (κ2) is 12.7. The number of halogens is 2. The largest absolute Gasteiger partial charge is 0.489 e. The predicted molar refractivity (Wildman–Crippen MR) is 167 cm³/mol. The van der Waals surface area contributed by atoms with Crippen LogP contribution in [-0.2, 0) is 22.6 Å². The SMILES string of the molecule is CC(C)c1cc(F)c(COc2ccc(-c3c(-c4ccncc4)nn4c3C(=O)N(CC3COC(C)(C)O3)CC4)cc2)cc1F.S. The first kappa shape index (κ1) is 31.6. The van der Waals surface area contributed by atoms with E-state index in [0.29, 0.717) is 54.5 Å². The first-order valence-electron chi connectivity index (χ1n) is 14.4. The summed E-state index contributed by atoms with van der Waals surface area (Å²) < 4.78 is 48.4. The van der Waals surface area contributed by atoms with Gasteiger partial charge in [0.15, 0.2) is 5.79 Å². The topological polar surface area (TPSA) is 78.7 Å². The molecule has 1 saturated heterocycles. The minimum absolute atomic E-state index is 0. The van der Waals surface area contributed by atoms with Crippen molar-refractivity contribution in [2.75, 3.05) is 19.7 Å². The number of ether oxygens (including phenoxy) is 3. The van der Waals surface area contributed by atoms with Crippen molar-refractivity contribution in [3.05, 3.63) is 89.4 Å². The van der Waals surface area contributed by atoms with Crippen molar-refractivity contribution >= 4 is 19.4 Å². The Labute approximate surface area is 262 Å². The van der Waals surface area contributed by atoms with Gasteiger partial charge in [0.2, 0.25) is 0 Å². The molecule has 1 atom stereocenters. The standard InChI is InChI=1S/C33H34F2N4O4.H2S/c1-20(2)26-16-27(34)23(15-28(26)35)18-41-24-7-5-21(6-8-24)29-30(22-9-11-36-12-10-22)37-39-14-13-38(32(40)31(29)39)17-25-19-42-33(3,4)43-25;/h5-12,15-16,20,25H,13-14,17-19H2,1-4H3;1H2. The number of benzene rings is 2. The monoisotopic (exact) mass is 622 g/mol. The van der Waals surface area contributed by atoms with Crippen molar-refractivity contribution < 1.29 is 27.8 Å².